The van der Waals surface area contributed by atoms with Gasteiger partial charge in [0.25, 0.3) is 5.91 Å². The molecule has 1 aliphatic heterocycles. The Balaban J connectivity index is 1.42. The van der Waals surface area contributed by atoms with E-state index in [1.807, 2.05) is 29.0 Å². The number of likely N-dealkylation sites (N-methyl/N-ethyl adjacent to an activating group) is 1. The molecule has 7 nitrogen and oxygen atoms in total. The number of likely N-dealkylation sites (tertiary alicyclic amines) is 1. The second kappa shape index (κ2) is 7.85. The first-order valence-corrected chi connectivity index (χ1v) is 10.5. The number of hydrogen-bond donors (Lipinski definition) is 0. The van der Waals surface area contributed by atoms with Crippen molar-refractivity contribution in [3.8, 4) is 11.4 Å². The first kappa shape index (κ1) is 19.8. The van der Waals surface area contributed by atoms with Crippen LogP contribution in [0.4, 0.5) is 10.3 Å². The summed E-state index contributed by atoms with van der Waals surface area (Å²) in [6.45, 7) is 0.716. The lowest BCUT2D eigenvalue weighted by Gasteiger charge is -2.38. The number of anilines is 1. The molecular weight excluding hydrogens is 419 g/mol. The summed E-state index contributed by atoms with van der Waals surface area (Å²) in [4.78, 5) is 34.3. The smallest absolute Gasteiger partial charge is 0.254 e. The number of halogens is 2. The largest absolute Gasteiger partial charge is 0.339 e. The Morgan fingerprint density at radius 3 is 2.52 bits per heavy atom. The zero-order chi connectivity index (χ0) is 21.5. The van der Waals surface area contributed by atoms with Gasteiger partial charge < -0.3 is 9.80 Å². The highest BCUT2D eigenvalue weighted by molar-refractivity contribution is 6.30. The fourth-order valence-corrected chi connectivity index (χ4v) is 4.84. The van der Waals surface area contributed by atoms with E-state index in [-0.39, 0.29) is 18.0 Å². The number of piperidine rings is 1. The maximum Gasteiger partial charge on any atom is 0.254 e. The monoisotopic (exact) mass is 438 g/mol. The summed E-state index contributed by atoms with van der Waals surface area (Å²) in [5, 5.41) is 0.488. The highest BCUT2D eigenvalue weighted by atomic mass is 35.5. The average molecular weight is 439 g/mol. The van der Waals surface area contributed by atoms with E-state index in [1.54, 1.807) is 24.5 Å². The van der Waals surface area contributed by atoms with Gasteiger partial charge in [0.15, 0.2) is 11.6 Å². The summed E-state index contributed by atoms with van der Waals surface area (Å²) in [6, 6.07) is 7.39. The Morgan fingerprint density at radius 2 is 1.81 bits per heavy atom. The third-order valence-electron chi connectivity index (χ3n) is 6.15. The van der Waals surface area contributed by atoms with Crippen LogP contribution in [0, 0.1) is 11.7 Å². The molecule has 2 aromatic heterocycles. The minimum atomic E-state index is -0.514. The normalized spacial score (nSPS) is 22.0. The van der Waals surface area contributed by atoms with Gasteiger partial charge in [0.1, 0.15) is 0 Å². The fraction of sp³-hybridized carbons (Fsp3) is 0.318. The molecule has 1 aliphatic carbocycles. The molecule has 5 rings (SSSR count). The third-order valence-corrected chi connectivity index (χ3v) is 6.34. The molecule has 0 radical (unpaired) electrons. The predicted octanol–water partition coefficient (Wildman–Crippen LogP) is 3.47. The third kappa shape index (κ3) is 3.61. The van der Waals surface area contributed by atoms with E-state index in [1.165, 1.54) is 0 Å². The molecule has 2 bridgehead atoms. The number of amides is 1. The quantitative estimate of drug-likeness (QED) is 0.621. The number of rotatable bonds is 4. The number of benzene rings is 1. The van der Waals surface area contributed by atoms with E-state index >= 15 is 0 Å². The molecule has 9 heteroatoms. The van der Waals surface area contributed by atoms with Gasteiger partial charge in [-0.2, -0.15) is 0 Å². The molecule has 1 saturated heterocycles. The molecule has 158 valence electrons. The van der Waals surface area contributed by atoms with E-state index in [9.17, 15) is 9.18 Å². The van der Waals surface area contributed by atoms with Crippen molar-refractivity contribution >= 4 is 23.5 Å². The van der Waals surface area contributed by atoms with Crippen molar-refractivity contribution in [1.29, 1.82) is 0 Å². The number of nitrogens with zero attached hydrogens (tertiary/aromatic N) is 6. The van der Waals surface area contributed by atoms with Gasteiger partial charge in [0, 0.05) is 19.2 Å². The zero-order valence-corrected chi connectivity index (χ0v) is 17.6. The Labute approximate surface area is 183 Å². The van der Waals surface area contributed by atoms with Gasteiger partial charge >= 0.3 is 0 Å². The van der Waals surface area contributed by atoms with Crippen LogP contribution in [-0.2, 0) is 0 Å². The Kier molecular flexibility index (Phi) is 5.02. The average Bonchev–Trinajstić information content (AvgIpc) is 3.40. The molecule has 3 aromatic rings. The van der Waals surface area contributed by atoms with E-state index < -0.39 is 5.82 Å². The summed E-state index contributed by atoms with van der Waals surface area (Å²) in [5.41, 5.74) is 1.12. The lowest BCUT2D eigenvalue weighted by molar-refractivity contribution is 0.0683. The molecule has 3 heterocycles. The molecule has 0 spiro atoms. The standard InChI is InChI=1S/C22H20ClFN6O/c1-29(22-27-8-14(23)9-28-22)18-6-13-7-19(18)30(12-13)21(31)17-5-3-2-4-16(17)20-25-10-15(24)11-26-20/h2-5,8-11,13,18-19H,6-7,12H2,1H3/t13-,18-,19+/m1/s1. The van der Waals surface area contributed by atoms with Gasteiger partial charge in [0.05, 0.1) is 47.5 Å². The van der Waals surface area contributed by atoms with Gasteiger partial charge in [-0.25, -0.2) is 24.3 Å². The first-order valence-electron chi connectivity index (χ1n) is 10.1. The number of aromatic nitrogens is 4. The highest BCUT2D eigenvalue weighted by Crippen LogP contribution is 2.41. The highest BCUT2D eigenvalue weighted by Gasteiger charge is 2.49. The van der Waals surface area contributed by atoms with Crippen molar-refractivity contribution in [3.63, 3.8) is 0 Å². The predicted molar refractivity (Wildman–Crippen MR) is 114 cm³/mol. The van der Waals surface area contributed by atoms with Gasteiger partial charge in [0.2, 0.25) is 5.95 Å². The van der Waals surface area contributed by atoms with Crippen LogP contribution >= 0.6 is 11.6 Å². The van der Waals surface area contributed by atoms with Crippen LogP contribution in [0.3, 0.4) is 0 Å². The molecule has 0 N–H and O–H groups in total. The molecule has 3 atom stereocenters. The van der Waals surface area contributed by atoms with Crippen molar-refractivity contribution in [2.45, 2.75) is 24.9 Å². The summed E-state index contributed by atoms with van der Waals surface area (Å²) >= 11 is 5.92. The molecule has 1 saturated carbocycles. The van der Waals surface area contributed by atoms with Gasteiger partial charge in [-0.3, -0.25) is 4.79 Å². The van der Waals surface area contributed by atoms with Gasteiger partial charge in [-0.15, -0.1) is 0 Å². The molecule has 0 unspecified atom stereocenters. The van der Waals surface area contributed by atoms with Crippen LogP contribution in [0.5, 0.6) is 0 Å². The van der Waals surface area contributed by atoms with Crippen LogP contribution < -0.4 is 4.90 Å². The first-order chi connectivity index (χ1) is 15.0. The number of fused-ring (bicyclic) bond motifs is 2. The summed E-state index contributed by atoms with van der Waals surface area (Å²) in [5.74, 6) is 0.779. The molecule has 2 fully saturated rings. The second-order valence-corrected chi connectivity index (χ2v) is 8.45. The number of carbonyl (C=O) groups is 1. The van der Waals surface area contributed by atoms with E-state index in [4.69, 9.17) is 11.6 Å². The van der Waals surface area contributed by atoms with Crippen molar-refractivity contribution in [1.82, 2.24) is 24.8 Å². The number of carbonyl (C=O) groups excluding carboxylic acids is 1. The minimum Gasteiger partial charge on any atom is -0.339 e. The van der Waals surface area contributed by atoms with Crippen LogP contribution in [0.1, 0.15) is 23.2 Å². The molecule has 31 heavy (non-hydrogen) atoms. The Bertz CT molecular complexity index is 1110. The molecule has 1 aromatic carbocycles. The summed E-state index contributed by atoms with van der Waals surface area (Å²) in [7, 11) is 1.96. The van der Waals surface area contributed by atoms with Crippen LogP contribution in [0.2, 0.25) is 5.02 Å². The van der Waals surface area contributed by atoms with Crippen molar-refractivity contribution in [2.75, 3.05) is 18.5 Å². The van der Waals surface area contributed by atoms with Crippen LogP contribution in [0.15, 0.2) is 49.1 Å². The molecule has 2 aliphatic rings. The Morgan fingerprint density at radius 1 is 1.10 bits per heavy atom. The van der Waals surface area contributed by atoms with Crippen molar-refractivity contribution in [2.24, 2.45) is 5.92 Å². The SMILES string of the molecule is CN(c1ncc(Cl)cn1)[C@@H]1C[C@@H]2C[C@@H]1N(C(=O)c1ccccc1-c1ncc(F)cn1)C2. The minimum absolute atomic E-state index is 0.0592. The fourth-order valence-electron chi connectivity index (χ4n) is 4.75. The zero-order valence-electron chi connectivity index (χ0n) is 16.8. The van der Waals surface area contributed by atoms with E-state index in [2.05, 4.69) is 19.9 Å². The maximum absolute atomic E-state index is 13.6. The molecular formula is C22H20ClFN6O. The van der Waals surface area contributed by atoms with Crippen molar-refractivity contribution in [3.05, 3.63) is 65.5 Å². The summed E-state index contributed by atoms with van der Waals surface area (Å²) in [6.07, 6.45) is 7.31. The maximum atomic E-state index is 13.6. The lowest BCUT2D eigenvalue weighted by Crippen LogP contribution is -2.51. The topological polar surface area (TPSA) is 75.1 Å². The van der Waals surface area contributed by atoms with Gasteiger partial charge in [-0.1, -0.05) is 29.8 Å². The van der Waals surface area contributed by atoms with Crippen LogP contribution in [0.25, 0.3) is 11.4 Å². The van der Waals surface area contributed by atoms with E-state index in [0.29, 0.717) is 40.4 Å². The Hall–Kier alpha value is -3.13. The van der Waals surface area contributed by atoms with Crippen molar-refractivity contribution < 1.29 is 9.18 Å². The lowest BCUT2D eigenvalue weighted by atomic mass is 10.0. The summed E-state index contributed by atoms with van der Waals surface area (Å²) < 4.78 is 13.3. The van der Waals surface area contributed by atoms with E-state index in [0.717, 1.165) is 25.2 Å². The van der Waals surface area contributed by atoms with Crippen LogP contribution in [-0.4, -0.2) is 56.4 Å². The molecule has 1 amide bonds. The number of hydrogen-bond acceptors (Lipinski definition) is 6. The van der Waals surface area contributed by atoms with Gasteiger partial charge in [-0.05, 0) is 24.8 Å². The second-order valence-electron chi connectivity index (χ2n) is 8.01.